The molecule has 0 aliphatic carbocycles. The van der Waals surface area contributed by atoms with Gasteiger partial charge in [0.15, 0.2) is 0 Å². The Bertz CT molecular complexity index is 405. The Hall–Kier alpha value is -1.62. The van der Waals surface area contributed by atoms with E-state index < -0.39 is 0 Å². The van der Waals surface area contributed by atoms with Gasteiger partial charge in [0, 0.05) is 25.4 Å². The fraction of sp³-hybridized carbons (Fsp3) is 0.538. The summed E-state index contributed by atoms with van der Waals surface area (Å²) in [5.74, 6) is 0.470. The molecule has 0 spiro atoms. The van der Waals surface area contributed by atoms with Gasteiger partial charge < -0.3 is 14.7 Å². The lowest BCUT2D eigenvalue weighted by Crippen LogP contribution is -2.32. The maximum atomic E-state index is 12.2. The second-order valence-electron chi connectivity index (χ2n) is 4.47. The third kappa shape index (κ3) is 2.98. The molecule has 0 unspecified atom stereocenters. The van der Waals surface area contributed by atoms with Crippen molar-refractivity contribution < 1.29 is 14.6 Å². The second kappa shape index (κ2) is 5.82. The van der Waals surface area contributed by atoms with E-state index in [1.165, 1.54) is 6.20 Å². The fourth-order valence-corrected chi connectivity index (χ4v) is 2.09. The Kier molecular flexibility index (Phi) is 4.15. The van der Waals surface area contributed by atoms with Crippen molar-refractivity contribution in [1.29, 1.82) is 0 Å². The lowest BCUT2D eigenvalue weighted by molar-refractivity contribution is 0.0752. The lowest BCUT2D eigenvalue weighted by atomic mass is 10.2. The highest BCUT2D eigenvalue weighted by Crippen LogP contribution is 2.14. The summed E-state index contributed by atoms with van der Waals surface area (Å²) in [7, 11) is 1.54. The molecule has 98 valence electrons. The van der Waals surface area contributed by atoms with Crippen LogP contribution in [0.3, 0.4) is 0 Å². The van der Waals surface area contributed by atoms with Gasteiger partial charge in [0.2, 0.25) is 5.88 Å². The van der Waals surface area contributed by atoms with E-state index in [-0.39, 0.29) is 12.0 Å². The summed E-state index contributed by atoms with van der Waals surface area (Å²) >= 11 is 0. The van der Waals surface area contributed by atoms with Crippen LogP contribution in [0, 0.1) is 0 Å². The average molecular weight is 250 g/mol. The number of carbonyl (C=O) groups excluding carboxylic acids is 1. The van der Waals surface area contributed by atoms with Crippen LogP contribution in [0.4, 0.5) is 0 Å². The number of hydrogen-bond donors (Lipinski definition) is 1. The number of rotatable bonds is 2. The van der Waals surface area contributed by atoms with E-state index in [1.807, 2.05) is 0 Å². The molecule has 1 aromatic rings. The van der Waals surface area contributed by atoms with Crippen molar-refractivity contribution in [3.63, 3.8) is 0 Å². The number of methoxy groups -OCH3 is 1. The summed E-state index contributed by atoms with van der Waals surface area (Å²) < 4.78 is 4.96. The maximum Gasteiger partial charge on any atom is 0.255 e. The number of amides is 1. The van der Waals surface area contributed by atoms with Gasteiger partial charge in [-0.2, -0.15) is 0 Å². The first kappa shape index (κ1) is 12.8. The van der Waals surface area contributed by atoms with Crippen LogP contribution in [0.25, 0.3) is 0 Å². The lowest BCUT2D eigenvalue weighted by Gasteiger charge is -2.20. The van der Waals surface area contributed by atoms with E-state index in [1.54, 1.807) is 24.1 Å². The zero-order valence-corrected chi connectivity index (χ0v) is 10.5. The number of aliphatic hydroxyl groups is 1. The first-order valence-electron chi connectivity index (χ1n) is 6.18. The minimum Gasteiger partial charge on any atom is -0.481 e. The summed E-state index contributed by atoms with van der Waals surface area (Å²) in [6.07, 6.45) is 3.51. The Morgan fingerprint density at radius 1 is 1.44 bits per heavy atom. The van der Waals surface area contributed by atoms with Crippen molar-refractivity contribution in [2.24, 2.45) is 0 Å². The summed E-state index contributed by atoms with van der Waals surface area (Å²) in [6.45, 7) is 1.30. The molecule has 2 heterocycles. The largest absolute Gasteiger partial charge is 0.481 e. The first-order valence-corrected chi connectivity index (χ1v) is 6.18. The molecule has 1 aliphatic rings. The van der Waals surface area contributed by atoms with Gasteiger partial charge in [0.1, 0.15) is 0 Å². The van der Waals surface area contributed by atoms with Crippen LogP contribution in [0.5, 0.6) is 5.88 Å². The van der Waals surface area contributed by atoms with Crippen molar-refractivity contribution in [2.75, 3.05) is 20.2 Å². The van der Waals surface area contributed by atoms with Gasteiger partial charge in [-0.3, -0.25) is 4.79 Å². The molecule has 1 N–H and O–H groups in total. The molecule has 2 rings (SSSR count). The molecular weight excluding hydrogens is 232 g/mol. The monoisotopic (exact) mass is 250 g/mol. The van der Waals surface area contributed by atoms with Gasteiger partial charge in [-0.05, 0) is 25.3 Å². The van der Waals surface area contributed by atoms with Crippen LogP contribution in [-0.2, 0) is 0 Å². The van der Waals surface area contributed by atoms with E-state index >= 15 is 0 Å². The number of pyridine rings is 1. The van der Waals surface area contributed by atoms with Crippen molar-refractivity contribution in [3.8, 4) is 5.88 Å². The van der Waals surface area contributed by atoms with Crippen LogP contribution in [0.2, 0.25) is 0 Å². The maximum absolute atomic E-state index is 12.2. The number of aliphatic hydroxyl groups excluding tert-OH is 1. The average Bonchev–Trinajstić information content (AvgIpc) is 2.63. The van der Waals surface area contributed by atoms with E-state index in [0.717, 1.165) is 12.8 Å². The highest BCUT2D eigenvalue weighted by molar-refractivity contribution is 5.94. The number of aromatic nitrogens is 1. The van der Waals surface area contributed by atoms with Crippen molar-refractivity contribution in [1.82, 2.24) is 9.88 Å². The Morgan fingerprint density at radius 2 is 2.28 bits per heavy atom. The predicted octanol–water partition coefficient (Wildman–Crippen LogP) is 1.08. The number of hydrogen-bond acceptors (Lipinski definition) is 4. The van der Waals surface area contributed by atoms with E-state index in [2.05, 4.69) is 4.98 Å². The van der Waals surface area contributed by atoms with Crippen LogP contribution in [0.1, 0.15) is 29.6 Å². The van der Waals surface area contributed by atoms with Crippen LogP contribution < -0.4 is 4.74 Å². The summed E-state index contributed by atoms with van der Waals surface area (Å²) in [4.78, 5) is 18.0. The Morgan fingerprint density at radius 3 is 2.94 bits per heavy atom. The first-order chi connectivity index (χ1) is 8.70. The molecule has 1 saturated heterocycles. The van der Waals surface area contributed by atoms with E-state index in [4.69, 9.17) is 4.74 Å². The van der Waals surface area contributed by atoms with Gasteiger partial charge in [-0.1, -0.05) is 0 Å². The van der Waals surface area contributed by atoms with Crippen LogP contribution in [0.15, 0.2) is 18.3 Å². The van der Waals surface area contributed by atoms with Gasteiger partial charge in [-0.25, -0.2) is 4.98 Å². The third-order valence-corrected chi connectivity index (χ3v) is 3.18. The van der Waals surface area contributed by atoms with Gasteiger partial charge in [0.25, 0.3) is 5.91 Å². The van der Waals surface area contributed by atoms with E-state index in [9.17, 15) is 9.90 Å². The molecule has 5 nitrogen and oxygen atoms in total. The molecule has 1 amide bonds. The van der Waals surface area contributed by atoms with Crippen LogP contribution >= 0.6 is 0 Å². The molecule has 18 heavy (non-hydrogen) atoms. The minimum absolute atomic E-state index is 0.0285. The predicted molar refractivity (Wildman–Crippen MR) is 66.6 cm³/mol. The summed E-state index contributed by atoms with van der Waals surface area (Å²) in [6, 6.07) is 3.40. The highest BCUT2D eigenvalue weighted by Gasteiger charge is 2.20. The normalized spacial score (nSPS) is 20.3. The number of carbonyl (C=O) groups is 1. The van der Waals surface area contributed by atoms with Crippen molar-refractivity contribution in [2.45, 2.75) is 25.4 Å². The standard InChI is InChI=1S/C13H18N2O3/c1-18-12-5-4-10(9-14-12)13(17)15-7-2-3-11(16)6-8-15/h4-5,9,11,16H,2-3,6-8H2,1H3/t11-/m1/s1. The number of ether oxygens (including phenoxy) is 1. The highest BCUT2D eigenvalue weighted by atomic mass is 16.5. The molecule has 5 heteroatoms. The second-order valence-corrected chi connectivity index (χ2v) is 4.47. The Labute approximate surface area is 106 Å². The molecular formula is C13H18N2O3. The Balaban J connectivity index is 2.05. The zero-order chi connectivity index (χ0) is 13.0. The van der Waals surface area contributed by atoms with E-state index in [0.29, 0.717) is 31.0 Å². The third-order valence-electron chi connectivity index (χ3n) is 3.18. The molecule has 0 aromatic carbocycles. The quantitative estimate of drug-likeness (QED) is 0.853. The summed E-state index contributed by atoms with van der Waals surface area (Å²) in [5.41, 5.74) is 0.562. The van der Waals surface area contributed by atoms with Crippen molar-refractivity contribution >= 4 is 5.91 Å². The number of nitrogens with zero attached hydrogens (tertiary/aromatic N) is 2. The molecule has 1 fully saturated rings. The minimum atomic E-state index is -0.281. The molecule has 0 bridgehead atoms. The molecule has 1 atom stereocenters. The smallest absolute Gasteiger partial charge is 0.255 e. The van der Waals surface area contributed by atoms with Crippen molar-refractivity contribution in [3.05, 3.63) is 23.9 Å². The van der Waals surface area contributed by atoms with Crippen LogP contribution in [-0.4, -0.2) is 47.2 Å². The molecule has 1 aromatic heterocycles. The number of likely N-dealkylation sites (tertiary alicyclic amines) is 1. The summed E-state index contributed by atoms with van der Waals surface area (Å²) in [5, 5.41) is 9.56. The molecule has 0 radical (unpaired) electrons. The SMILES string of the molecule is COc1ccc(C(=O)N2CCC[C@@H](O)CC2)cn1. The topological polar surface area (TPSA) is 62.7 Å². The molecule has 1 aliphatic heterocycles. The van der Waals surface area contributed by atoms with Gasteiger partial charge in [0.05, 0.1) is 18.8 Å². The fourth-order valence-electron chi connectivity index (χ4n) is 2.09. The molecule has 0 saturated carbocycles. The zero-order valence-electron chi connectivity index (χ0n) is 10.5. The van der Waals surface area contributed by atoms with Gasteiger partial charge in [-0.15, -0.1) is 0 Å². The van der Waals surface area contributed by atoms with Gasteiger partial charge >= 0.3 is 0 Å².